The summed E-state index contributed by atoms with van der Waals surface area (Å²) in [5, 5.41) is 3.39. The lowest BCUT2D eigenvalue weighted by Gasteiger charge is -2.16. The third-order valence-electron chi connectivity index (χ3n) is 2.64. The molecule has 0 heterocycles. The van der Waals surface area contributed by atoms with E-state index in [1.54, 1.807) is 0 Å². The average Bonchev–Trinajstić information content (AvgIpc) is 2.30. The molecule has 84 valence electrons. The number of benzene rings is 1. The van der Waals surface area contributed by atoms with E-state index in [1.807, 2.05) is 18.8 Å². The van der Waals surface area contributed by atoms with E-state index < -0.39 is 0 Å². The fraction of sp³-hybridized carbons (Fsp3) is 0.538. The number of hydrogen-bond donors (Lipinski definition) is 1. The number of nitrogens with one attached hydrogen (secondary N) is 1. The smallest absolute Gasteiger partial charge is 0.0317 e. The summed E-state index contributed by atoms with van der Waals surface area (Å²) < 4.78 is 0. The van der Waals surface area contributed by atoms with Gasteiger partial charge in [0.05, 0.1) is 0 Å². The maximum Gasteiger partial charge on any atom is 0.0317 e. The number of unbranched alkanes of at least 4 members (excludes halogenated alkanes) is 1. The minimum atomic E-state index is 0.521. The minimum Gasteiger partial charge on any atom is -0.313 e. The van der Waals surface area contributed by atoms with Crippen molar-refractivity contribution in [2.45, 2.75) is 25.3 Å². The summed E-state index contributed by atoms with van der Waals surface area (Å²) in [5.74, 6) is 1.28. The number of rotatable bonds is 7. The molecule has 0 amide bonds. The van der Waals surface area contributed by atoms with Crippen LogP contribution in [-0.2, 0) is 0 Å². The highest BCUT2D eigenvalue weighted by molar-refractivity contribution is 7.98. The van der Waals surface area contributed by atoms with Gasteiger partial charge in [0.2, 0.25) is 0 Å². The molecule has 1 aromatic rings. The van der Waals surface area contributed by atoms with Crippen molar-refractivity contribution in [2.24, 2.45) is 0 Å². The Hall–Kier alpha value is -0.470. The second-order valence-corrected chi connectivity index (χ2v) is 4.73. The first kappa shape index (κ1) is 12.6. The molecule has 1 unspecified atom stereocenters. The Kier molecular flexibility index (Phi) is 6.53. The Labute approximate surface area is 97.7 Å². The molecule has 0 spiro atoms. The molecule has 1 N–H and O–H groups in total. The fourth-order valence-corrected chi connectivity index (χ4v) is 2.25. The van der Waals surface area contributed by atoms with E-state index in [4.69, 9.17) is 0 Å². The third kappa shape index (κ3) is 4.72. The standard InChI is InChI=1S/C13H21NS/c1-14-13(10-6-7-11-15-2)12-8-4-3-5-9-12/h3-5,8-9,13-14H,6-7,10-11H2,1-2H3. The largest absolute Gasteiger partial charge is 0.313 e. The maximum absolute atomic E-state index is 3.39. The van der Waals surface area contributed by atoms with E-state index in [0.717, 1.165) is 0 Å². The predicted molar refractivity (Wildman–Crippen MR) is 70.5 cm³/mol. The molecule has 2 heteroatoms. The van der Waals surface area contributed by atoms with Gasteiger partial charge in [0.25, 0.3) is 0 Å². The lowest BCUT2D eigenvalue weighted by Crippen LogP contribution is -2.16. The van der Waals surface area contributed by atoms with Gasteiger partial charge < -0.3 is 5.32 Å². The Balaban J connectivity index is 2.36. The van der Waals surface area contributed by atoms with Gasteiger partial charge in [-0.3, -0.25) is 0 Å². The molecule has 1 aromatic carbocycles. The van der Waals surface area contributed by atoms with Crippen LogP contribution in [0.15, 0.2) is 30.3 Å². The first-order chi connectivity index (χ1) is 7.38. The van der Waals surface area contributed by atoms with Crippen molar-refractivity contribution in [1.82, 2.24) is 5.32 Å². The van der Waals surface area contributed by atoms with E-state index in [1.165, 1.54) is 30.6 Å². The van der Waals surface area contributed by atoms with E-state index in [-0.39, 0.29) is 0 Å². The molecule has 1 atom stereocenters. The normalized spacial score (nSPS) is 12.7. The Morgan fingerprint density at radius 2 is 1.93 bits per heavy atom. The molecule has 0 fully saturated rings. The summed E-state index contributed by atoms with van der Waals surface area (Å²) in [6.45, 7) is 0. The molecule has 0 saturated heterocycles. The van der Waals surface area contributed by atoms with Crippen LogP contribution in [0.1, 0.15) is 30.9 Å². The third-order valence-corrected chi connectivity index (χ3v) is 3.34. The van der Waals surface area contributed by atoms with Crippen LogP contribution in [0.25, 0.3) is 0 Å². The van der Waals surface area contributed by atoms with Crippen LogP contribution >= 0.6 is 11.8 Å². The van der Waals surface area contributed by atoms with Crippen LogP contribution < -0.4 is 5.32 Å². The molecular formula is C13H21NS. The summed E-state index contributed by atoms with van der Waals surface area (Å²) in [6.07, 6.45) is 6.04. The summed E-state index contributed by atoms with van der Waals surface area (Å²) in [4.78, 5) is 0. The molecule has 0 bridgehead atoms. The molecule has 15 heavy (non-hydrogen) atoms. The fourth-order valence-electron chi connectivity index (χ4n) is 1.76. The van der Waals surface area contributed by atoms with E-state index in [9.17, 15) is 0 Å². The van der Waals surface area contributed by atoms with Crippen molar-refractivity contribution < 1.29 is 0 Å². The van der Waals surface area contributed by atoms with Crippen LogP contribution in [0.4, 0.5) is 0 Å². The summed E-state index contributed by atoms with van der Waals surface area (Å²) >= 11 is 1.94. The van der Waals surface area contributed by atoms with Gasteiger partial charge in [0.15, 0.2) is 0 Å². The highest BCUT2D eigenvalue weighted by Gasteiger charge is 2.07. The van der Waals surface area contributed by atoms with Gasteiger partial charge >= 0.3 is 0 Å². The van der Waals surface area contributed by atoms with E-state index in [0.29, 0.717) is 6.04 Å². The van der Waals surface area contributed by atoms with E-state index >= 15 is 0 Å². The predicted octanol–water partition coefficient (Wildman–Crippen LogP) is 3.48. The Bertz CT molecular complexity index is 248. The molecule has 0 saturated carbocycles. The average molecular weight is 223 g/mol. The van der Waals surface area contributed by atoms with Crippen molar-refractivity contribution in [2.75, 3.05) is 19.1 Å². The zero-order chi connectivity index (χ0) is 10.9. The molecular weight excluding hydrogens is 202 g/mol. The van der Waals surface area contributed by atoms with Gasteiger partial charge in [-0.2, -0.15) is 11.8 Å². The monoisotopic (exact) mass is 223 g/mol. The van der Waals surface area contributed by atoms with Crippen LogP contribution in [0.5, 0.6) is 0 Å². The molecule has 0 radical (unpaired) electrons. The topological polar surface area (TPSA) is 12.0 Å². The van der Waals surface area contributed by atoms with Gasteiger partial charge in [-0.05, 0) is 37.5 Å². The van der Waals surface area contributed by atoms with Crippen molar-refractivity contribution in [1.29, 1.82) is 0 Å². The van der Waals surface area contributed by atoms with Crippen molar-refractivity contribution in [3.63, 3.8) is 0 Å². The van der Waals surface area contributed by atoms with Crippen LogP contribution in [0.2, 0.25) is 0 Å². The molecule has 0 aromatic heterocycles. The Morgan fingerprint density at radius 1 is 1.20 bits per heavy atom. The zero-order valence-electron chi connectivity index (χ0n) is 9.70. The van der Waals surface area contributed by atoms with E-state index in [2.05, 4.69) is 41.9 Å². The van der Waals surface area contributed by atoms with Crippen LogP contribution in [0, 0.1) is 0 Å². The van der Waals surface area contributed by atoms with Crippen LogP contribution in [0.3, 0.4) is 0 Å². The molecule has 0 aliphatic rings. The molecule has 0 aliphatic heterocycles. The SMILES string of the molecule is CNC(CCCCSC)c1ccccc1. The number of thioether (sulfide) groups is 1. The highest BCUT2D eigenvalue weighted by atomic mass is 32.2. The van der Waals surface area contributed by atoms with Gasteiger partial charge in [-0.25, -0.2) is 0 Å². The van der Waals surface area contributed by atoms with Crippen molar-refractivity contribution in [3.05, 3.63) is 35.9 Å². The molecule has 1 nitrogen and oxygen atoms in total. The lowest BCUT2D eigenvalue weighted by molar-refractivity contribution is 0.524. The van der Waals surface area contributed by atoms with Gasteiger partial charge in [-0.1, -0.05) is 36.8 Å². The first-order valence-corrected chi connectivity index (χ1v) is 6.99. The summed E-state index contributed by atoms with van der Waals surface area (Å²) in [6, 6.07) is 11.2. The van der Waals surface area contributed by atoms with Crippen molar-refractivity contribution in [3.8, 4) is 0 Å². The Morgan fingerprint density at radius 3 is 2.53 bits per heavy atom. The molecule has 0 aliphatic carbocycles. The highest BCUT2D eigenvalue weighted by Crippen LogP contribution is 2.18. The second kappa shape index (κ2) is 7.77. The van der Waals surface area contributed by atoms with Crippen molar-refractivity contribution >= 4 is 11.8 Å². The maximum atomic E-state index is 3.39. The van der Waals surface area contributed by atoms with Gasteiger partial charge in [0, 0.05) is 6.04 Å². The van der Waals surface area contributed by atoms with Crippen LogP contribution in [-0.4, -0.2) is 19.1 Å². The second-order valence-electron chi connectivity index (χ2n) is 3.74. The van der Waals surface area contributed by atoms with Gasteiger partial charge in [-0.15, -0.1) is 0 Å². The molecule has 1 rings (SSSR count). The minimum absolute atomic E-state index is 0.521. The first-order valence-electron chi connectivity index (χ1n) is 5.59. The quantitative estimate of drug-likeness (QED) is 0.710. The number of hydrogen-bond acceptors (Lipinski definition) is 2. The van der Waals surface area contributed by atoms with Gasteiger partial charge in [0.1, 0.15) is 0 Å². The summed E-state index contributed by atoms with van der Waals surface area (Å²) in [7, 11) is 2.05. The summed E-state index contributed by atoms with van der Waals surface area (Å²) in [5.41, 5.74) is 1.41. The lowest BCUT2D eigenvalue weighted by atomic mass is 10.0. The zero-order valence-corrected chi connectivity index (χ0v) is 10.5.